The molecule has 3 heteroatoms. The summed E-state index contributed by atoms with van der Waals surface area (Å²) in [4.78, 5) is 9.08. The second kappa shape index (κ2) is 4.85. The van der Waals surface area contributed by atoms with Gasteiger partial charge in [-0.3, -0.25) is 0 Å². The van der Waals surface area contributed by atoms with Gasteiger partial charge in [0.2, 0.25) is 0 Å². The highest BCUT2D eigenvalue weighted by atomic mass is 15.0. The highest BCUT2D eigenvalue weighted by Crippen LogP contribution is 2.26. The molecule has 106 valence electrons. The molecule has 0 atom stereocenters. The maximum absolute atomic E-state index is 5.95. The average Bonchev–Trinajstić information content (AvgIpc) is 2.45. The number of benzene rings is 2. The molecule has 3 rings (SSSR count). The lowest BCUT2D eigenvalue weighted by atomic mass is 9.92. The summed E-state index contributed by atoms with van der Waals surface area (Å²) in [6.45, 7) is 6.37. The molecule has 21 heavy (non-hydrogen) atoms. The van der Waals surface area contributed by atoms with Crippen LogP contribution in [-0.2, 0) is 5.41 Å². The molecule has 0 saturated carbocycles. The van der Waals surface area contributed by atoms with Crippen molar-refractivity contribution in [3.05, 3.63) is 54.2 Å². The molecule has 2 aromatic carbocycles. The van der Waals surface area contributed by atoms with Crippen LogP contribution in [0.5, 0.6) is 0 Å². The standard InChI is InChI=1S/C18H19N3/c1-18(2,3)15-11-16(19)21-17(20-15)14-9-8-12-6-4-5-7-13(12)10-14/h4-11H,1-3H3,(H2,19,20,21). The van der Waals surface area contributed by atoms with Crippen LogP contribution < -0.4 is 5.73 Å². The lowest BCUT2D eigenvalue weighted by molar-refractivity contribution is 0.568. The quantitative estimate of drug-likeness (QED) is 0.726. The summed E-state index contributed by atoms with van der Waals surface area (Å²) in [6.07, 6.45) is 0. The van der Waals surface area contributed by atoms with E-state index in [-0.39, 0.29) is 5.41 Å². The van der Waals surface area contributed by atoms with Crippen LogP contribution in [0.2, 0.25) is 0 Å². The van der Waals surface area contributed by atoms with Gasteiger partial charge in [-0.1, -0.05) is 57.2 Å². The molecular formula is C18H19N3. The van der Waals surface area contributed by atoms with Gasteiger partial charge >= 0.3 is 0 Å². The minimum absolute atomic E-state index is 0.0529. The van der Waals surface area contributed by atoms with E-state index in [1.807, 2.05) is 24.3 Å². The van der Waals surface area contributed by atoms with E-state index in [0.29, 0.717) is 11.6 Å². The van der Waals surface area contributed by atoms with Gasteiger partial charge in [-0.2, -0.15) is 0 Å². The first kappa shape index (κ1) is 13.6. The topological polar surface area (TPSA) is 51.8 Å². The van der Waals surface area contributed by atoms with Gasteiger partial charge in [0.1, 0.15) is 5.82 Å². The minimum Gasteiger partial charge on any atom is -0.384 e. The second-order valence-electron chi connectivity index (χ2n) is 6.31. The number of fused-ring (bicyclic) bond motifs is 1. The Kier molecular flexibility index (Phi) is 3.13. The molecule has 3 nitrogen and oxygen atoms in total. The van der Waals surface area contributed by atoms with Gasteiger partial charge in [0.25, 0.3) is 0 Å². The first-order valence-electron chi connectivity index (χ1n) is 7.08. The Balaban J connectivity index is 2.16. The lowest BCUT2D eigenvalue weighted by Gasteiger charge is -2.18. The van der Waals surface area contributed by atoms with E-state index in [4.69, 9.17) is 10.7 Å². The highest BCUT2D eigenvalue weighted by Gasteiger charge is 2.18. The molecule has 0 bridgehead atoms. The van der Waals surface area contributed by atoms with E-state index < -0.39 is 0 Å². The Labute approximate surface area is 124 Å². The van der Waals surface area contributed by atoms with Crippen LogP contribution in [0.3, 0.4) is 0 Å². The van der Waals surface area contributed by atoms with Crippen LogP contribution in [-0.4, -0.2) is 9.97 Å². The zero-order valence-corrected chi connectivity index (χ0v) is 12.6. The Morgan fingerprint density at radius 2 is 1.57 bits per heavy atom. The minimum atomic E-state index is -0.0529. The number of nitrogens with zero attached hydrogens (tertiary/aromatic N) is 2. The summed E-state index contributed by atoms with van der Waals surface area (Å²) in [5.41, 5.74) is 7.85. The average molecular weight is 277 g/mol. The Bertz CT molecular complexity index is 801. The van der Waals surface area contributed by atoms with Crippen LogP contribution >= 0.6 is 0 Å². The Morgan fingerprint density at radius 1 is 0.857 bits per heavy atom. The first-order valence-corrected chi connectivity index (χ1v) is 7.08. The van der Waals surface area contributed by atoms with Crippen molar-refractivity contribution in [1.29, 1.82) is 0 Å². The van der Waals surface area contributed by atoms with Gasteiger partial charge in [0.05, 0.1) is 5.69 Å². The van der Waals surface area contributed by atoms with Crippen LogP contribution in [0.4, 0.5) is 5.82 Å². The first-order chi connectivity index (χ1) is 9.93. The number of hydrogen-bond acceptors (Lipinski definition) is 3. The molecule has 0 spiro atoms. The lowest BCUT2D eigenvalue weighted by Crippen LogP contribution is -2.15. The number of rotatable bonds is 1. The van der Waals surface area contributed by atoms with Crippen LogP contribution in [0.15, 0.2) is 48.5 Å². The molecule has 0 aliphatic rings. The molecule has 1 aromatic heterocycles. The molecule has 0 aliphatic carbocycles. The smallest absolute Gasteiger partial charge is 0.161 e. The fourth-order valence-electron chi connectivity index (χ4n) is 2.31. The van der Waals surface area contributed by atoms with Gasteiger partial charge in [-0.05, 0) is 16.8 Å². The number of hydrogen-bond donors (Lipinski definition) is 1. The second-order valence-corrected chi connectivity index (χ2v) is 6.31. The molecule has 0 amide bonds. The zero-order chi connectivity index (χ0) is 15.0. The fourth-order valence-corrected chi connectivity index (χ4v) is 2.31. The number of anilines is 1. The van der Waals surface area contributed by atoms with Crippen molar-refractivity contribution in [2.45, 2.75) is 26.2 Å². The highest BCUT2D eigenvalue weighted by molar-refractivity contribution is 5.86. The third kappa shape index (κ3) is 2.72. The van der Waals surface area contributed by atoms with Gasteiger partial charge < -0.3 is 5.73 Å². The molecule has 0 fully saturated rings. The summed E-state index contributed by atoms with van der Waals surface area (Å²) in [6, 6.07) is 16.4. The van der Waals surface area contributed by atoms with E-state index in [0.717, 1.165) is 11.3 Å². The van der Waals surface area contributed by atoms with Gasteiger partial charge in [-0.15, -0.1) is 0 Å². The van der Waals surface area contributed by atoms with Crippen LogP contribution in [0, 0.1) is 0 Å². The largest absolute Gasteiger partial charge is 0.384 e. The Hall–Kier alpha value is -2.42. The molecule has 0 saturated heterocycles. The summed E-state index contributed by atoms with van der Waals surface area (Å²) < 4.78 is 0. The number of nitrogens with two attached hydrogens (primary N) is 1. The van der Waals surface area contributed by atoms with Crippen LogP contribution in [0.25, 0.3) is 22.2 Å². The number of aromatic nitrogens is 2. The molecular weight excluding hydrogens is 258 g/mol. The van der Waals surface area contributed by atoms with Crippen molar-refractivity contribution in [2.24, 2.45) is 0 Å². The van der Waals surface area contributed by atoms with Crippen molar-refractivity contribution in [1.82, 2.24) is 9.97 Å². The molecule has 1 heterocycles. The van der Waals surface area contributed by atoms with Crippen molar-refractivity contribution in [2.75, 3.05) is 5.73 Å². The molecule has 2 N–H and O–H groups in total. The van der Waals surface area contributed by atoms with Crippen molar-refractivity contribution in [3.63, 3.8) is 0 Å². The Morgan fingerprint density at radius 3 is 2.29 bits per heavy atom. The maximum atomic E-state index is 5.95. The molecule has 0 unspecified atom stereocenters. The summed E-state index contributed by atoms with van der Waals surface area (Å²) >= 11 is 0. The van der Waals surface area contributed by atoms with Crippen molar-refractivity contribution >= 4 is 16.6 Å². The SMILES string of the molecule is CC(C)(C)c1cc(N)nc(-c2ccc3ccccc3c2)n1. The predicted octanol–water partition coefficient (Wildman–Crippen LogP) is 4.18. The van der Waals surface area contributed by atoms with Crippen molar-refractivity contribution < 1.29 is 0 Å². The van der Waals surface area contributed by atoms with E-state index in [9.17, 15) is 0 Å². The third-order valence-electron chi connectivity index (χ3n) is 3.52. The number of nitrogen functional groups attached to an aromatic ring is 1. The zero-order valence-electron chi connectivity index (χ0n) is 12.6. The van der Waals surface area contributed by atoms with Gasteiger partial charge in [0.15, 0.2) is 5.82 Å². The molecule has 3 aromatic rings. The van der Waals surface area contributed by atoms with Crippen LogP contribution in [0.1, 0.15) is 26.5 Å². The normalized spacial score (nSPS) is 11.8. The maximum Gasteiger partial charge on any atom is 0.161 e. The van der Waals surface area contributed by atoms with E-state index in [2.05, 4.69) is 50.0 Å². The molecule has 0 radical (unpaired) electrons. The molecule has 0 aliphatic heterocycles. The fraction of sp³-hybridized carbons (Fsp3) is 0.222. The van der Waals surface area contributed by atoms with E-state index >= 15 is 0 Å². The van der Waals surface area contributed by atoms with E-state index in [1.165, 1.54) is 10.8 Å². The summed E-state index contributed by atoms with van der Waals surface area (Å²) in [5.74, 6) is 1.20. The van der Waals surface area contributed by atoms with E-state index in [1.54, 1.807) is 0 Å². The van der Waals surface area contributed by atoms with Gasteiger partial charge in [-0.25, -0.2) is 9.97 Å². The third-order valence-corrected chi connectivity index (χ3v) is 3.52. The van der Waals surface area contributed by atoms with Crippen molar-refractivity contribution in [3.8, 4) is 11.4 Å². The monoisotopic (exact) mass is 277 g/mol. The summed E-state index contributed by atoms with van der Waals surface area (Å²) in [7, 11) is 0. The summed E-state index contributed by atoms with van der Waals surface area (Å²) in [5, 5.41) is 2.39. The predicted molar refractivity (Wildman–Crippen MR) is 88.1 cm³/mol. The van der Waals surface area contributed by atoms with Gasteiger partial charge in [0, 0.05) is 17.0 Å².